The summed E-state index contributed by atoms with van der Waals surface area (Å²) in [5.41, 5.74) is 5.11. The normalized spacial score (nSPS) is 13.8. The summed E-state index contributed by atoms with van der Waals surface area (Å²) in [6.07, 6.45) is 8.02. The van der Waals surface area contributed by atoms with Gasteiger partial charge < -0.3 is 24.3 Å². The highest BCUT2D eigenvalue weighted by atomic mass is 16.5. The molecular weight excluding hydrogens is 580 g/mol. The van der Waals surface area contributed by atoms with E-state index in [-0.39, 0.29) is 22.4 Å². The van der Waals surface area contributed by atoms with E-state index >= 15 is 0 Å². The van der Waals surface area contributed by atoms with Gasteiger partial charge in [-0.15, -0.1) is 0 Å². The van der Waals surface area contributed by atoms with Crippen LogP contribution in [-0.4, -0.2) is 47.7 Å². The van der Waals surface area contributed by atoms with Crippen molar-refractivity contribution >= 4 is 23.7 Å². The number of hydrogen-bond acceptors (Lipinski definition) is 6. The zero-order chi connectivity index (χ0) is 32.6. The number of aromatic amines is 1. The number of methoxy groups -OCH3 is 2. The van der Waals surface area contributed by atoms with Crippen LogP contribution in [0, 0.1) is 0 Å². The highest BCUT2D eigenvalue weighted by Crippen LogP contribution is 2.33. The summed E-state index contributed by atoms with van der Waals surface area (Å²) in [7, 11) is 4.94. The van der Waals surface area contributed by atoms with Crippen LogP contribution in [0.1, 0.15) is 58.8 Å². The first kappa shape index (κ1) is 32.5. The summed E-state index contributed by atoms with van der Waals surface area (Å²) in [5, 5.41) is 3.52. The second kappa shape index (κ2) is 14.9. The molecule has 0 aliphatic carbocycles. The summed E-state index contributed by atoms with van der Waals surface area (Å²) in [4.78, 5) is 43.5. The SMILES string of the molecule is CCCC/C=c1/c(=O)[nH]/c(=C\c2ccc(C(=O)Nc3ccc(CCN4CCc5cc(OC)c(OC)cc5C4)cc3)cc2)c(=O)n1C. The molecule has 240 valence electrons. The van der Waals surface area contributed by atoms with Gasteiger partial charge in [0, 0.05) is 37.9 Å². The van der Waals surface area contributed by atoms with Crippen molar-refractivity contribution < 1.29 is 14.3 Å². The number of carbonyl (C=O) groups is 1. The highest BCUT2D eigenvalue weighted by Gasteiger charge is 2.19. The van der Waals surface area contributed by atoms with Gasteiger partial charge in [-0.1, -0.05) is 43.7 Å². The van der Waals surface area contributed by atoms with E-state index in [1.807, 2.05) is 24.3 Å². The molecule has 0 saturated carbocycles. The minimum atomic E-state index is -0.300. The van der Waals surface area contributed by atoms with Crippen molar-refractivity contribution in [3.63, 3.8) is 0 Å². The zero-order valence-electron chi connectivity index (χ0n) is 27.0. The summed E-state index contributed by atoms with van der Waals surface area (Å²) >= 11 is 0. The third-order valence-corrected chi connectivity index (χ3v) is 8.48. The van der Waals surface area contributed by atoms with Crippen LogP contribution in [-0.2, 0) is 26.4 Å². The van der Waals surface area contributed by atoms with Crippen LogP contribution in [0.25, 0.3) is 12.2 Å². The van der Waals surface area contributed by atoms with Crippen LogP contribution in [0.3, 0.4) is 0 Å². The summed E-state index contributed by atoms with van der Waals surface area (Å²) in [5.74, 6) is 1.31. The first-order valence-corrected chi connectivity index (χ1v) is 15.8. The number of nitrogens with one attached hydrogen (secondary N) is 2. The number of benzene rings is 3. The Labute approximate surface area is 268 Å². The van der Waals surface area contributed by atoms with Crippen molar-refractivity contribution in [1.82, 2.24) is 14.5 Å². The maximum atomic E-state index is 12.9. The molecule has 9 nitrogen and oxygen atoms in total. The molecule has 0 radical (unpaired) electrons. The molecule has 0 atom stereocenters. The predicted molar refractivity (Wildman–Crippen MR) is 182 cm³/mol. The molecule has 9 heteroatoms. The fourth-order valence-electron chi connectivity index (χ4n) is 5.73. The van der Waals surface area contributed by atoms with Crippen molar-refractivity contribution in [1.29, 1.82) is 0 Å². The molecule has 1 aliphatic rings. The second-order valence-electron chi connectivity index (χ2n) is 11.6. The van der Waals surface area contributed by atoms with Gasteiger partial charge >= 0.3 is 0 Å². The predicted octanol–water partition coefficient (Wildman–Crippen LogP) is 3.74. The van der Waals surface area contributed by atoms with Gasteiger partial charge in [0.1, 0.15) is 10.7 Å². The fourth-order valence-corrected chi connectivity index (χ4v) is 5.73. The van der Waals surface area contributed by atoms with Gasteiger partial charge in [0.05, 0.1) is 14.2 Å². The molecule has 1 aliphatic heterocycles. The Morgan fingerprint density at radius 1 is 0.978 bits per heavy atom. The van der Waals surface area contributed by atoms with E-state index in [0.717, 1.165) is 63.2 Å². The molecule has 46 heavy (non-hydrogen) atoms. The van der Waals surface area contributed by atoms with Gasteiger partial charge in [-0.3, -0.25) is 19.3 Å². The number of rotatable bonds is 11. The molecular formula is C37H42N4O5. The van der Waals surface area contributed by atoms with Gasteiger partial charge in [0.2, 0.25) is 0 Å². The Balaban J connectivity index is 1.17. The Bertz CT molecular complexity index is 1930. The zero-order valence-corrected chi connectivity index (χ0v) is 27.0. The van der Waals surface area contributed by atoms with E-state index in [9.17, 15) is 14.4 Å². The van der Waals surface area contributed by atoms with Gasteiger partial charge in [-0.05, 0) is 90.4 Å². The number of anilines is 1. The molecule has 5 rings (SSSR count). The van der Waals surface area contributed by atoms with E-state index < -0.39 is 0 Å². The van der Waals surface area contributed by atoms with Crippen LogP contribution < -0.4 is 36.6 Å². The molecule has 0 saturated heterocycles. The largest absolute Gasteiger partial charge is 0.493 e. The second-order valence-corrected chi connectivity index (χ2v) is 11.6. The first-order valence-electron chi connectivity index (χ1n) is 15.8. The number of ether oxygens (including phenoxy) is 2. The monoisotopic (exact) mass is 622 g/mol. The molecule has 0 spiro atoms. The third-order valence-electron chi connectivity index (χ3n) is 8.48. The molecule has 1 amide bonds. The Kier molecular flexibility index (Phi) is 10.5. The van der Waals surface area contributed by atoms with Crippen molar-refractivity contribution in [3.8, 4) is 11.5 Å². The smallest absolute Gasteiger partial charge is 0.274 e. The lowest BCUT2D eigenvalue weighted by molar-refractivity contribution is 0.102. The highest BCUT2D eigenvalue weighted by molar-refractivity contribution is 6.04. The van der Waals surface area contributed by atoms with Crippen LogP contribution in [0.5, 0.6) is 11.5 Å². The summed E-state index contributed by atoms with van der Waals surface area (Å²) < 4.78 is 12.3. The Hall–Kier alpha value is -4.89. The van der Waals surface area contributed by atoms with Crippen LogP contribution in [0.15, 0.2) is 70.3 Å². The van der Waals surface area contributed by atoms with Crippen LogP contribution in [0.2, 0.25) is 0 Å². The summed E-state index contributed by atoms with van der Waals surface area (Å²) in [6.45, 7) is 4.88. The number of carbonyl (C=O) groups excluding carboxylic acids is 1. The number of amides is 1. The fraction of sp³-hybridized carbons (Fsp3) is 0.324. The lowest BCUT2D eigenvalue weighted by Crippen LogP contribution is -2.52. The lowest BCUT2D eigenvalue weighted by Gasteiger charge is -2.29. The number of aromatic nitrogens is 2. The first-order chi connectivity index (χ1) is 22.3. The van der Waals surface area contributed by atoms with E-state index in [4.69, 9.17) is 9.47 Å². The number of fused-ring (bicyclic) bond motifs is 1. The average molecular weight is 623 g/mol. The number of H-pyrrole nitrogens is 1. The number of nitrogens with zero attached hydrogens (tertiary/aromatic N) is 2. The molecule has 2 N–H and O–H groups in total. The molecule has 1 aromatic heterocycles. The topological polar surface area (TPSA) is 106 Å². The van der Waals surface area contributed by atoms with Gasteiger partial charge in [-0.2, -0.15) is 0 Å². The number of unbranched alkanes of at least 4 members (excludes halogenated alkanes) is 2. The van der Waals surface area contributed by atoms with Crippen molar-refractivity contribution in [2.75, 3.05) is 32.6 Å². The van der Waals surface area contributed by atoms with Gasteiger partial charge in [-0.25, -0.2) is 0 Å². The Morgan fingerprint density at radius 2 is 1.67 bits per heavy atom. The van der Waals surface area contributed by atoms with Crippen molar-refractivity contribution in [2.24, 2.45) is 7.05 Å². The number of hydrogen-bond donors (Lipinski definition) is 2. The lowest BCUT2D eigenvalue weighted by atomic mass is 9.98. The average Bonchev–Trinajstić information content (AvgIpc) is 3.07. The molecule has 0 bridgehead atoms. The van der Waals surface area contributed by atoms with Crippen LogP contribution in [0.4, 0.5) is 5.69 Å². The molecule has 0 fully saturated rings. The molecule has 3 aromatic carbocycles. The van der Waals surface area contributed by atoms with Crippen molar-refractivity contribution in [2.45, 2.75) is 45.6 Å². The van der Waals surface area contributed by atoms with E-state index in [2.05, 4.69) is 34.3 Å². The quantitative estimate of drug-likeness (QED) is 0.247. The molecule has 4 aromatic rings. The minimum absolute atomic E-state index is 0.198. The van der Waals surface area contributed by atoms with Crippen LogP contribution >= 0.6 is 0 Å². The van der Waals surface area contributed by atoms with Gasteiger partial charge in [0.25, 0.3) is 17.0 Å². The standard InChI is InChI=1S/C37H42N4O5/c1-5-6-7-8-32-36(43)39-31(37(44)40(32)2)21-26-9-13-27(14-10-26)35(42)38-30-15-11-25(12-16-30)17-19-41-20-18-28-22-33(45-3)34(46-4)23-29(28)24-41/h8-16,21-23H,5-7,17-20,24H2,1-4H3,(H,38,42)(H,39,43)/b31-21-,32-8-. The van der Waals surface area contributed by atoms with Gasteiger partial charge in [0.15, 0.2) is 11.5 Å². The van der Waals surface area contributed by atoms with E-state index in [1.165, 1.54) is 21.3 Å². The van der Waals surface area contributed by atoms with E-state index in [1.54, 1.807) is 57.7 Å². The third kappa shape index (κ3) is 7.66. The minimum Gasteiger partial charge on any atom is -0.493 e. The Morgan fingerprint density at radius 3 is 2.35 bits per heavy atom. The molecule has 0 unspecified atom stereocenters. The summed E-state index contributed by atoms with van der Waals surface area (Å²) in [6, 6.07) is 19.0. The molecule has 2 heterocycles. The maximum Gasteiger partial charge on any atom is 0.274 e. The maximum absolute atomic E-state index is 12.9. The van der Waals surface area contributed by atoms with E-state index in [0.29, 0.717) is 22.2 Å². The van der Waals surface area contributed by atoms with Crippen molar-refractivity contribution in [3.05, 3.63) is 120 Å².